The fourth-order valence-electron chi connectivity index (χ4n) is 3.02. The van der Waals surface area contributed by atoms with Gasteiger partial charge in [0.15, 0.2) is 5.82 Å². The van der Waals surface area contributed by atoms with Gasteiger partial charge in [-0.15, -0.1) is 0 Å². The number of hydrogen-bond donors (Lipinski definition) is 1. The molecule has 0 unspecified atom stereocenters. The molecule has 0 spiro atoms. The molecule has 3 aromatic carbocycles. The van der Waals surface area contributed by atoms with Gasteiger partial charge in [-0.3, -0.25) is 15.0 Å². The summed E-state index contributed by atoms with van der Waals surface area (Å²) in [7, 11) is 1.48. The Morgan fingerprint density at radius 3 is 2.45 bits per heavy atom. The molecule has 144 valence electrons. The van der Waals surface area contributed by atoms with Crippen molar-refractivity contribution in [1.29, 1.82) is 0 Å². The van der Waals surface area contributed by atoms with Gasteiger partial charge in [0.25, 0.3) is 11.5 Å². The van der Waals surface area contributed by atoms with Gasteiger partial charge in [-0.1, -0.05) is 35.9 Å². The number of ether oxygens (including phenoxy) is 1. The highest BCUT2D eigenvalue weighted by atomic mass is 35.5. The topological polar surface area (TPSA) is 73.2 Å². The van der Waals surface area contributed by atoms with Crippen LogP contribution in [0.15, 0.2) is 77.6 Å². The first kappa shape index (κ1) is 18.7. The van der Waals surface area contributed by atoms with Crippen molar-refractivity contribution in [2.75, 3.05) is 12.5 Å². The molecule has 0 aliphatic heterocycles. The number of nitrogens with one attached hydrogen (secondary N) is 1. The van der Waals surface area contributed by atoms with E-state index in [9.17, 15) is 9.59 Å². The Labute approximate surface area is 171 Å². The second-order valence-electron chi connectivity index (χ2n) is 6.24. The van der Waals surface area contributed by atoms with Gasteiger partial charge in [-0.2, -0.15) is 4.68 Å². The molecular weight excluding hydrogens is 390 g/mol. The molecule has 0 saturated carbocycles. The zero-order valence-corrected chi connectivity index (χ0v) is 16.2. The molecule has 1 aromatic heterocycles. The molecule has 0 aliphatic rings. The maximum Gasteiger partial charge on any atom is 0.280 e. The summed E-state index contributed by atoms with van der Waals surface area (Å²) >= 11 is 5.99. The van der Waals surface area contributed by atoms with Gasteiger partial charge in [0.1, 0.15) is 5.75 Å². The van der Waals surface area contributed by atoms with E-state index in [1.54, 1.807) is 72.8 Å². The van der Waals surface area contributed by atoms with E-state index in [2.05, 4.69) is 10.4 Å². The van der Waals surface area contributed by atoms with Crippen molar-refractivity contribution in [1.82, 2.24) is 9.66 Å². The van der Waals surface area contributed by atoms with Gasteiger partial charge in [0.05, 0.1) is 23.6 Å². The molecule has 0 bridgehead atoms. The summed E-state index contributed by atoms with van der Waals surface area (Å²) in [5.74, 6) is 0.213. The summed E-state index contributed by atoms with van der Waals surface area (Å²) in [6.45, 7) is 0. The molecule has 1 heterocycles. The van der Waals surface area contributed by atoms with Crippen molar-refractivity contribution < 1.29 is 9.53 Å². The first-order valence-corrected chi connectivity index (χ1v) is 9.18. The van der Waals surface area contributed by atoms with E-state index in [0.717, 1.165) is 4.68 Å². The SMILES string of the molecule is COc1ccccc1C(=O)Nn1c(-c2ccc(Cl)cc2)nc2ccccc2c1=O. The van der Waals surface area contributed by atoms with Crippen LogP contribution in [0.25, 0.3) is 22.3 Å². The van der Waals surface area contributed by atoms with E-state index in [1.807, 2.05) is 0 Å². The third-order valence-electron chi connectivity index (χ3n) is 4.44. The van der Waals surface area contributed by atoms with E-state index in [1.165, 1.54) is 7.11 Å². The second kappa shape index (κ2) is 7.77. The van der Waals surface area contributed by atoms with Gasteiger partial charge in [-0.05, 0) is 48.5 Å². The van der Waals surface area contributed by atoms with Crippen molar-refractivity contribution in [3.8, 4) is 17.1 Å². The zero-order chi connectivity index (χ0) is 20.4. The molecule has 4 rings (SSSR count). The van der Waals surface area contributed by atoms with Crippen molar-refractivity contribution in [3.05, 3.63) is 93.7 Å². The summed E-state index contributed by atoms with van der Waals surface area (Å²) in [6.07, 6.45) is 0. The van der Waals surface area contributed by atoms with Crippen LogP contribution in [0.5, 0.6) is 5.75 Å². The number of nitrogens with zero attached hydrogens (tertiary/aromatic N) is 2. The van der Waals surface area contributed by atoms with Gasteiger partial charge in [0, 0.05) is 10.6 Å². The maximum absolute atomic E-state index is 13.2. The Bertz CT molecular complexity index is 1270. The van der Waals surface area contributed by atoms with Crippen molar-refractivity contribution in [3.63, 3.8) is 0 Å². The molecule has 0 radical (unpaired) electrons. The second-order valence-corrected chi connectivity index (χ2v) is 6.68. The van der Waals surface area contributed by atoms with E-state index < -0.39 is 5.91 Å². The number of carbonyl (C=O) groups excluding carboxylic acids is 1. The third-order valence-corrected chi connectivity index (χ3v) is 4.70. The predicted octanol–water partition coefficient (Wildman–Crippen LogP) is 4.11. The van der Waals surface area contributed by atoms with Crippen LogP contribution in [0.3, 0.4) is 0 Å². The molecule has 6 nitrogen and oxygen atoms in total. The fourth-order valence-corrected chi connectivity index (χ4v) is 3.15. The zero-order valence-electron chi connectivity index (χ0n) is 15.4. The Hall–Kier alpha value is -3.64. The Kier molecular flexibility index (Phi) is 5.01. The normalized spacial score (nSPS) is 10.7. The minimum absolute atomic E-state index is 0.300. The van der Waals surface area contributed by atoms with E-state index in [4.69, 9.17) is 16.3 Å². The van der Waals surface area contributed by atoms with Gasteiger partial charge in [0.2, 0.25) is 0 Å². The quantitative estimate of drug-likeness (QED) is 0.554. The summed E-state index contributed by atoms with van der Waals surface area (Å²) in [5, 5.41) is 0.951. The molecule has 1 N–H and O–H groups in total. The molecule has 0 atom stereocenters. The number of methoxy groups -OCH3 is 1. The number of fused-ring (bicyclic) bond motifs is 1. The van der Waals surface area contributed by atoms with Crippen LogP contribution in [0, 0.1) is 0 Å². The first-order valence-electron chi connectivity index (χ1n) is 8.80. The van der Waals surface area contributed by atoms with E-state index in [0.29, 0.717) is 38.6 Å². The van der Waals surface area contributed by atoms with Crippen LogP contribution in [-0.4, -0.2) is 22.7 Å². The largest absolute Gasteiger partial charge is 0.496 e. The molecular formula is C22H16ClN3O3. The summed E-state index contributed by atoms with van der Waals surface area (Å²) in [5.41, 5.74) is 3.75. The lowest BCUT2D eigenvalue weighted by Gasteiger charge is -2.15. The van der Waals surface area contributed by atoms with Crippen molar-refractivity contribution >= 4 is 28.4 Å². The average molecular weight is 406 g/mol. The summed E-state index contributed by atoms with van der Waals surface area (Å²) in [6, 6.07) is 20.6. The number of carbonyl (C=O) groups is 1. The highest BCUT2D eigenvalue weighted by Crippen LogP contribution is 2.22. The van der Waals surface area contributed by atoms with Crippen LogP contribution >= 0.6 is 11.6 Å². The smallest absolute Gasteiger partial charge is 0.280 e. The van der Waals surface area contributed by atoms with Crippen LogP contribution in [0.4, 0.5) is 0 Å². The molecule has 29 heavy (non-hydrogen) atoms. The number of para-hydroxylation sites is 2. The van der Waals surface area contributed by atoms with Crippen molar-refractivity contribution in [2.45, 2.75) is 0 Å². The van der Waals surface area contributed by atoms with Gasteiger partial charge in [-0.25, -0.2) is 4.98 Å². The monoisotopic (exact) mass is 405 g/mol. The Morgan fingerprint density at radius 1 is 1.00 bits per heavy atom. The Balaban J connectivity index is 1.89. The lowest BCUT2D eigenvalue weighted by Crippen LogP contribution is -2.35. The number of benzene rings is 3. The standard InChI is InChI=1S/C22H16ClN3O3/c1-29-19-9-5-3-7-17(19)21(27)25-26-20(14-10-12-15(23)13-11-14)24-18-8-4-2-6-16(18)22(26)28/h2-13H,1H3,(H,25,27). The first-order chi connectivity index (χ1) is 14.1. The number of aromatic nitrogens is 2. The highest BCUT2D eigenvalue weighted by Gasteiger charge is 2.17. The Morgan fingerprint density at radius 2 is 1.69 bits per heavy atom. The van der Waals surface area contributed by atoms with Crippen LogP contribution < -0.4 is 15.7 Å². The average Bonchev–Trinajstić information content (AvgIpc) is 2.76. The van der Waals surface area contributed by atoms with Crippen LogP contribution in [0.2, 0.25) is 5.02 Å². The molecule has 0 aliphatic carbocycles. The predicted molar refractivity (Wildman–Crippen MR) is 113 cm³/mol. The van der Waals surface area contributed by atoms with Crippen molar-refractivity contribution in [2.24, 2.45) is 0 Å². The lowest BCUT2D eigenvalue weighted by atomic mass is 10.2. The number of rotatable bonds is 4. The summed E-state index contributed by atoms with van der Waals surface area (Å²) in [4.78, 5) is 30.7. The van der Waals surface area contributed by atoms with Gasteiger partial charge >= 0.3 is 0 Å². The van der Waals surface area contributed by atoms with E-state index >= 15 is 0 Å². The van der Waals surface area contributed by atoms with Crippen LogP contribution in [0.1, 0.15) is 10.4 Å². The third kappa shape index (κ3) is 3.58. The van der Waals surface area contributed by atoms with Gasteiger partial charge < -0.3 is 4.74 Å². The van der Waals surface area contributed by atoms with E-state index in [-0.39, 0.29) is 5.56 Å². The minimum Gasteiger partial charge on any atom is -0.496 e. The molecule has 4 aromatic rings. The number of halogens is 1. The molecule has 0 saturated heterocycles. The molecule has 1 amide bonds. The molecule has 7 heteroatoms. The maximum atomic E-state index is 13.2. The lowest BCUT2D eigenvalue weighted by molar-refractivity contribution is 0.100. The summed E-state index contributed by atoms with van der Waals surface area (Å²) < 4.78 is 6.41. The molecule has 0 fully saturated rings. The number of amides is 1. The number of hydrogen-bond acceptors (Lipinski definition) is 4. The fraction of sp³-hybridized carbons (Fsp3) is 0.0455. The van der Waals surface area contributed by atoms with Crippen LogP contribution in [-0.2, 0) is 0 Å². The highest BCUT2D eigenvalue weighted by molar-refractivity contribution is 6.30. The minimum atomic E-state index is -0.489.